The first-order valence-corrected chi connectivity index (χ1v) is 5.73. The fourth-order valence-electron chi connectivity index (χ4n) is 2.45. The van der Waals surface area contributed by atoms with Crippen molar-refractivity contribution < 1.29 is 9.84 Å². The van der Waals surface area contributed by atoms with Crippen LogP contribution in [0.3, 0.4) is 0 Å². The molecule has 1 aliphatic rings. The highest BCUT2D eigenvalue weighted by atomic mass is 16.5. The molecule has 1 aliphatic heterocycles. The lowest BCUT2D eigenvalue weighted by atomic mass is 9.91. The van der Waals surface area contributed by atoms with Crippen molar-refractivity contribution >= 4 is 0 Å². The van der Waals surface area contributed by atoms with E-state index in [9.17, 15) is 5.11 Å². The Morgan fingerprint density at radius 2 is 1.35 bits per heavy atom. The van der Waals surface area contributed by atoms with Gasteiger partial charge >= 0.3 is 0 Å². The minimum Gasteiger partial charge on any atom is -0.457 e. The summed E-state index contributed by atoms with van der Waals surface area (Å²) in [6.07, 6.45) is -0.587. The summed E-state index contributed by atoms with van der Waals surface area (Å²) in [6, 6.07) is 11.7. The van der Waals surface area contributed by atoms with E-state index in [0.717, 1.165) is 33.8 Å². The summed E-state index contributed by atoms with van der Waals surface area (Å²) < 4.78 is 5.85. The standard InChI is InChI=1S/C15H14O2/c1-9-5-3-7-11-13(9)15(16)14-10(2)6-4-8-12(14)17-11/h3-8,15-16H,1-2H3. The molecule has 86 valence electrons. The van der Waals surface area contributed by atoms with Crippen molar-refractivity contribution in [2.45, 2.75) is 20.0 Å². The minimum absolute atomic E-state index is 0.587. The zero-order valence-electron chi connectivity index (χ0n) is 9.90. The van der Waals surface area contributed by atoms with E-state index in [1.54, 1.807) is 0 Å². The van der Waals surface area contributed by atoms with E-state index in [1.807, 2.05) is 50.2 Å². The summed E-state index contributed by atoms with van der Waals surface area (Å²) in [6.45, 7) is 3.99. The van der Waals surface area contributed by atoms with Crippen LogP contribution in [0.5, 0.6) is 11.5 Å². The molecule has 3 rings (SSSR count). The maximum absolute atomic E-state index is 10.5. The lowest BCUT2D eigenvalue weighted by Gasteiger charge is -2.27. The largest absolute Gasteiger partial charge is 0.457 e. The molecule has 0 amide bonds. The number of rotatable bonds is 0. The van der Waals surface area contributed by atoms with Crippen molar-refractivity contribution in [2.75, 3.05) is 0 Å². The van der Waals surface area contributed by atoms with Gasteiger partial charge in [0, 0.05) is 11.1 Å². The van der Waals surface area contributed by atoms with Gasteiger partial charge in [-0.2, -0.15) is 0 Å². The molecule has 0 spiro atoms. The van der Waals surface area contributed by atoms with Crippen molar-refractivity contribution in [1.82, 2.24) is 0 Å². The van der Waals surface area contributed by atoms with Gasteiger partial charge in [0.1, 0.15) is 17.6 Å². The van der Waals surface area contributed by atoms with Crippen LogP contribution < -0.4 is 4.74 Å². The Bertz CT molecular complexity index is 536. The predicted molar refractivity (Wildman–Crippen MR) is 66.5 cm³/mol. The Morgan fingerprint density at radius 3 is 1.82 bits per heavy atom. The fraction of sp³-hybridized carbons (Fsp3) is 0.200. The van der Waals surface area contributed by atoms with Gasteiger partial charge in [-0.15, -0.1) is 0 Å². The average Bonchev–Trinajstić information content (AvgIpc) is 2.28. The number of aliphatic hydroxyl groups is 1. The third-order valence-corrected chi connectivity index (χ3v) is 3.34. The molecule has 1 heterocycles. The van der Waals surface area contributed by atoms with E-state index in [4.69, 9.17) is 4.74 Å². The van der Waals surface area contributed by atoms with Gasteiger partial charge in [0.2, 0.25) is 0 Å². The van der Waals surface area contributed by atoms with Crippen LogP contribution >= 0.6 is 0 Å². The zero-order valence-corrected chi connectivity index (χ0v) is 9.90. The fourth-order valence-corrected chi connectivity index (χ4v) is 2.45. The third kappa shape index (κ3) is 1.45. The summed E-state index contributed by atoms with van der Waals surface area (Å²) in [5.41, 5.74) is 3.89. The van der Waals surface area contributed by atoms with Crippen LogP contribution in [0.2, 0.25) is 0 Å². The van der Waals surface area contributed by atoms with Gasteiger partial charge in [-0.25, -0.2) is 0 Å². The van der Waals surface area contributed by atoms with Crippen molar-refractivity contribution in [3.63, 3.8) is 0 Å². The first-order valence-electron chi connectivity index (χ1n) is 5.73. The van der Waals surface area contributed by atoms with Gasteiger partial charge in [0.15, 0.2) is 0 Å². The SMILES string of the molecule is Cc1cccc2c1C(O)c1c(C)cccc1O2. The molecule has 2 heteroatoms. The molecule has 0 aromatic heterocycles. The van der Waals surface area contributed by atoms with Crippen molar-refractivity contribution in [1.29, 1.82) is 0 Å². The van der Waals surface area contributed by atoms with E-state index < -0.39 is 6.10 Å². The Labute approximate surface area is 100 Å². The second kappa shape index (κ2) is 3.60. The topological polar surface area (TPSA) is 29.5 Å². The molecule has 2 aromatic carbocycles. The molecule has 1 N–H and O–H groups in total. The zero-order chi connectivity index (χ0) is 12.0. The van der Waals surface area contributed by atoms with E-state index in [-0.39, 0.29) is 0 Å². The summed E-state index contributed by atoms with van der Waals surface area (Å²) in [7, 11) is 0. The van der Waals surface area contributed by atoms with Crippen LogP contribution in [-0.4, -0.2) is 5.11 Å². The number of aliphatic hydroxyl groups excluding tert-OH is 1. The second-order valence-corrected chi connectivity index (χ2v) is 4.48. The van der Waals surface area contributed by atoms with Crippen LogP contribution in [0.15, 0.2) is 36.4 Å². The highest BCUT2D eigenvalue weighted by Gasteiger charge is 2.27. The minimum atomic E-state index is -0.587. The van der Waals surface area contributed by atoms with E-state index in [1.165, 1.54) is 0 Å². The second-order valence-electron chi connectivity index (χ2n) is 4.48. The summed E-state index contributed by atoms with van der Waals surface area (Å²) in [4.78, 5) is 0. The Morgan fingerprint density at radius 1 is 0.882 bits per heavy atom. The van der Waals surface area contributed by atoms with Crippen molar-refractivity contribution in [2.24, 2.45) is 0 Å². The van der Waals surface area contributed by atoms with Crippen LogP contribution in [0.4, 0.5) is 0 Å². The van der Waals surface area contributed by atoms with E-state index in [2.05, 4.69) is 0 Å². The van der Waals surface area contributed by atoms with Crippen LogP contribution in [0.25, 0.3) is 0 Å². The quantitative estimate of drug-likeness (QED) is 0.745. The van der Waals surface area contributed by atoms with Crippen LogP contribution in [0, 0.1) is 13.8 Å². The highest BCUT2D eigenvalue weighted by Crippen LogP contribution is 2.45. The summed E-state index contributed by atoms with van der Waals surface area (Å²) in [5, 5.41) is 10.5. The normalized spacial score (nSPS) is 13.8. The third-order valence-electron chi connectivity index (χ3n) is 3.34. The molecule has 2 aromatic rings. The Kier molecular flexibility index (Phi) is 2.20. The van der Waals surface area contributed by atoms with Gasteiger partial charge in [0.25, 0.3) is 0 Å². The molecule has 0 saturated heterocycles. The van der Waals surface area contributed by atoms with Gasteiger partial charge in [0.05, 0.1) is 0 Å². The summed E-state index contributed by atoms with van der Waals surface area (Å²) >= 11 is 0. The summed E-state index contributed by atoms with van der Waals surface area (Å²) in [5.74, 6) is 1.52. The van der Waals surface area contributed by atoms with Gasteiger partial charge in [-0.05, 0) is 37.1 Å². The molecule has 0 saturated carbocycles. The molecular weight excluding hydrogens is 212 g/mol. The van der Waals surface area contributed by atoms with E-state index in [0.29, 0.717) is 0 Å². The number of hydrogen-bond donors (Lipinski definition) is 1. The van der Waals surface area contributed by atoms with E-state index >= 15 is 0 Å². The molecule has 0 unspecified atom stereocenters. The molecule has 0 fully saturated rings. The lowest BCUT2D eigenvalue weighted by molar-refractivity contribution is 0.201. The molecular formula is C15H14O2. The molecule has 0 aliphatic carbocycles. The first-order chi connectivity index (χ1) is 8.18. The number of aryl methyl sites for hydroxylation is 2. The molecule has 0 bridgehead atoms. The molecule has 17 heavy (non-hydrogen) atoms. The number of fused-ring (bicyclic) bond motifs is 2. The maximum Gasteiger partial charge on any atom is 0.133 e. The van der Waals surface area contributed by atoms with Gasteiger partial charge in [-0.1, -0.05) is 24.3 Å². The van der Waals surface area contributed by atoms with Crippen molar-refractivity contribution in [3.05, 3.63) is 58.7 Å². The first kappa shape index (κ1) is 10.4. The number of hydrogen-bond acceptors (Lipinski definition) is 2. The van der Waals surface area contributed by atoms with Gasteiger partial charge < -0.3 is 9.84 Å². The number of benzene rings is 2. The smallest absolute Gasteiger partial charge is 0.133 e. The van der Waals surface area contributed by atoms with Crippen LogP contribution in [-0.2, 0) is 0 Å². The van der Waals surface area contributed by atoms with Gasteiger partial charge in [-0.3, -0.25) is 0 Å². The molecule has 0 radical (unpaired) electrons. The Hall–Kier alpha value is -1.80. The highest BCUT2D eigenvalue weighted by molar-refractivity contribution is 5.56. The predicted octanol–water partition coefficient (Wildman–Crippen LogP) is 3.49. The van der Waals surface area contributed by atoms with Crippen LogP contribution in [0.1, 0.15) is 28.4 Å². The molecule has 2 nitrogen and oxygen atoms in total. The maximum atomic E-state index is 10.5. The number of ether oxygens (including phenoxy) is 1. The lowest BCUT2D eigenvalue weighted by Crippen LogP contribution is -2.12. The Balaban J connectivity index is 2.26. The average molecular weight is 226 g/mol. The molecule has 0 atom stereocenters. The van der Waals surface area contributed by atoms with Crippen molar-refractivity contribution in [3.8, 4) is 11.5 Å². The monoisotopic (exact) mass is 226 g/mol.